The maximum absolute atomic E-state index is 12.9. The summed E-state index contributed by atoms with van der Waals surface area (Å²) in [7, 11) is 1.57. The fraction of sp³-hybridized carbons (Fsp3) is 0.891. The van der Waals surface area contributed by atoms with Gasteiger partial charge in [-0.05, 0) is 44.9 Å². The number of hydrogen-bond donors (Lipinski definition) is 3. The van der Waals surface area contributed by atoms with E-state index in [-0.39, 0.29) is 19.1 Å². The summed E-state index contributed by atoms with van der Waals surface area (Å²) >= 11 is 0. The van der Waals surface area contributed by atoms with Gasteiger partial charge in [0.25, 0.3) is 0 Å². The number of carbonyl (C=O) groups excluding carboxylic acids is 1. The number of phosphoric acid groups is 1. The molecule has 1 amide bonds. The highest BCUT2D eigenvalue weighted by Gasteiger charge is 2.27. The van der Waals surface area contributed by atoms with Crippen LogP contribution < -0.4 is 5.32 Å². The number of rotatable bonds is 42. The van der Waals surface area contributed by atoms with E-state index in [1.807, 2.05) is 27.2 Å². The van der Waals surface area contributed by atoms with Gasteiger partial charge in [0, 0.05) is 6.42 Å². The van der Waals surface area contributed by atoms with Crippen LogP contribution in [0.5, 0.6) is 0 Å². The van der Waals surface area contributed by atoms with Crippen molar-refractivity contribution in [3.05, 3.63) is 24.3 Å². The van der Waals surface area contributed by atoms with Crippen molar-refractivity contribution in [1.82, 2.24) is 5.32 Å². The highest BCUT2D eigenvalue weighted by Crippen LogP contribution is 2.43. The van der Waals surface area contributed by atoms with Crippen LogP contribution in [-0.2, 0) is 18.4 Å². The van der Waals surface area contributed by atoms with Gasteiger partial charge in [0.15, 0.2) is 0 Å². The Kier molecular flexibility index (Phi) is 37.8. The van der Waals surface area contributed by atoms with Gasteiger partial charge in [-0.25, -0.2) is 4.57 Å². The normalized spacial score (nSPS) is 14.5. The van der Waals surface area contributed by atoms with Crippen molar-refractivity contribution >= 4 is 13.7 Å². The molecule has 0 saturated heterocycles. The summed E-state index contributed by atoms with van der Waals surface area (Å²) in [5, 5.41) is 13.8. The second-order valence-corrected chi connectivity index (χ2v) is 18.6. The Hall–Kier alpha value is -1.02. The van der Waals surface area contributed by atoms with Crippen LogP contribution in [-0.4, -0.2) is 73.4 Å². The van der Waals surface area contributed by atoms with E-state index in [0.29, 0.717) is 17.4 Å². The Morgan fingerprint density at radius 2 is 0.982 bits per heavy atom. The van der Waals surface area contributed by atoms with Crippen molar-refractivity contribution in [1.29, 1.82) is 0 Å². The predicted octanol–water partition coefficient (Wildman–Crippen LogP) is 12.9. The first-order valence-corrected chi connectivity index (χ1v) is 24.7. The molecule has 0 aliphatic heterocycles. The number of nitrogens with one attached hydrogen (secondary N) is 1. The molecule has 0 bridgehead atoms. The molecular formula is C46H92N2O6P+. The molecule has 3 N–H and O–H groups in total. The lowest BCUT2D eigenvalue weighted by atomic mass is 10.0. The smallest absolute Gasteiger partial charge is 0.387 e. The van der Waals surface area contributed by atoms with Gasteiger partial charge in [0.05, 0.1) is 39.9 Å². The summed E-state index contributed by atoms with van der Waals surface area (Å²) in [5.41, 5.74) is 0. The minimum absolute atomic E-state index is 0.0623. The maximum Gasteiger partial charge on any atom is 0.472 e. The third kappa shape index (κ3) is 41.0. The van der Waals surface area contributed by atoms with Crippen LogP contribution in [0.15, 0.2) is 24.3 Å². The zero-order valence-corrected chi connectivity index (χ0v) is 37.8. The van der Waals surface area contributed by atoms with E-state index < -0.39 is 20.0 Å². The SMILES string of the molecule is CCCCCCCC/C=C\CCCCCCCCCCCC(=O)NC(COP(=O)(O)OCC[N+](C)(C)C)C(O)/C=C/CCCCCCCCCCCCCC. The molecule has 55 heavy (non-hydrogen) atoms. The summed E-state index contributed by atoms with van der Waals surface area (Å²) in [6.45, 7) is 4.81. The zero-order valence-electron chi connectivity index (χ0n) is 36.9. The van der Waals surface area contributed by atoms with Crippen molar-refractivity contribution in [3.63, 3.8) is 0 Å². The molecule has 326 valence electrons. The quantitative estimate of drug-likeness (QED) is 0.0246. The molecule has 0 aliphatic carbocycles. The standard InChI is InChI=1S/C46H91N2O6P/c1-6-8-10-12-14-16-18-20-22-23-24-25-26-28-30-32-34-36-38-40-46(50)47-44(43-54-55(51,52)53-42-41-48(3,4)5)45(49)39-37-35-33-31-29-27-21-19-17-15-13-11-9-7-2/h20,22,37,39,44-45,49H,6-19,21,23-36,38,40-43H2,1-5H3,(H-,47,50,51,52)/p+1/b22-20-,39-37+. The van der Waals surface area contributed by atoms with Gasteiger partial charge >= 0.3 is 7.82 Å². The first kappa shape index (κ1) is 54.0. The number of aliphatic hydroxyl groups excluding tert-OH is 1. The number of quaternary nitrogens is 1. The summed E-state index contributed by atoms with van der Waals surface area (Å²) in [6, 6.07) is -0.844. The van der Waals surface area contributed by atoms with E-state index >= 15 is 0 Å². The van der Waals surface area contributed by atoms with Crippen LogP contribution in [0.4, 0.5) is 0 Å². The first-order valence-electron chi connectivity index (χ1n) is 23.2. The van der Waals surface area contributed by atoms with Crippen molar-refractivity contribution in [2.45, 2.75) is 225 Å². The van der Waals surface area contributed by atoms with Crippen molar-refractivity contribution < 1.29 is 32.9 Å². The number of hydrogen-bond acceptors (Lipinski definition) is 5. The lowest BCUT2D eigenvalue weighted by Gasteiger charge is -2.25. The summed E-state index contributed by atoms with van der Waals surface area (Å²) in [5.74, 6) is -0.179. The molecule has 0 heterocycles. The van der Waals surface area contributed by atoms with Crippen molar-refractivity contribution in [2.75, 3.05) is 40.9 Å². The van der Waals surface area contributed by atoms with E-state index in [9.17, 15) is 19.4 Å². The monoisotopic (exact) mass is 800 g/mol. The van der Waals surface area contributed by atoms with Crippen LogP contribution in [0.1, 0.15) is 213 Å². The number of nitrogens with zero attached hydrogens (tertiary/aromatic N) is 1. The largest absolute Gasteiger partial charge is 0.472 e. The third-order valence-electron chi connectivity index (χ3n) is 10.4. The molecule has 0 saturated carbocycles. The average Bonchev–Trinajstić information content (AvgIpc) is 3.13. The number of phosphoric ester groups is 1. The molecule has 0 aromatic carbocycles. The van der Waals surface area contributed by atoms with Gasteiger partial charge in [0.2, 0.25) is 5.91 Å². The fourth-order valence-electron chi connectivity index (χ4n) is 6.68. The minimum atomic E-state index is -4.33. The van der Waals surface area contributed by atoms with E-state index in [2.05, 4.69) is 31.3 Å². The lowest BCUT2D eigenvalue weighted by molar-refractivity contribution is -0.870. The maximum atomic E-state index is 12.9. The number of unbranched alkanes of at least 4 members (excludes halogenated alkanes) is 27. The third-order valence-corrected chi connectivity index (χ3v) is 11.4. The lowest BCUT2D eigenvalue weighted by Crippen LogP contribution is -2.45. The topological polar surface area (TPSA) is 105 Å². The molecular weight excluding hydrogens is 707 g/mol. The van der Waals surface area contributed by atoms with E-state index in [4.69, 9.17) is 9.05 Å². The van der Waals surface area contributed by atoms with Crippen molar-refractivity contribution in [3.8, 4) is 0 Å². The molecule has 0 rings (SSSR count). The number of aliphatic hydroxyl groups is 1. The molecule has 9 heteroatoms. The molecule has 0 aromatic rings. The van der Waals surface area contributed by atoms with Crippen LogP contribution in [0, 0.1) is 0 Å². The minimum Gasteiger partial charge on any atom is -0.387 e. The zero-order chi connectivity index (χ0) is 40.7. The predicted molar refractivity (Wildman–Crippen MR) is 235 cm³/mol. The van der Waals surface area contributed by atoms with Crippen LogP contribution in [0.2, 0.25) is 0 Å². The molecule has 8 nitrogen and oxygen atoms in total. The Bertz CT molecular complexity index is 953. The molecule has 0 aromatic heterocycles. The van der Waals surface area contributed by atoms with Crippen LogP contribution >= 0.6 is 7.82 Å². The molecule has 3 unspecified atom stereocenters. The van der Waals surface area contributed by atoms with Gasteiger partial charge in [-0.15, -0.1) is 0 Å². The van der Waals surface area contributed by atoms with Gasteiger partial charge < -0.3 is 19.8 Å². The van der Waals surface area contributed by atoms with Gasteiger partial charge in [-0.2, -0.15) is 0 Å². The second-order valence-electron chi connectivity index (χ2n) is 17.1. The molecule has 0 radical (unpaired) electrons. The van der Waals surface area contributed by atoms with E-state index in [1.54, 1.807) is 6.08 Å². The summed E-state index contributed by atoms with van der Waals surface area (Å²) in [4.78, 5) is 23.1. The highest BCUT2D eigenvalue weighted by molar-refractivity contribution is 7.47. The Balaban J connectivity index is 4.36. The summed E-state index contributed by atoms with van der Waals surface area (Å²) < 4.78 is 23.6. The first-order chi connectivity index (χ1) is 26.5. The number of carbonyl (C=O) groups is 1. The number of amides is 1. The Morgan fingerprint density at radius 3 is 1.40 bits per heavy atom. The van der Waals surface area contributed by atoms with Gasteiger partial charge in [-0.3, -0.25) is 13.8 Å². The molecule has 0 spiro atoms. The van der Waals surface area contributed by atoms with E-state index in [1.165, 1.54) is 154 Å². The summed E-state index contributed by atoms with van der Waals surface area (Å²) in [6.07, 6.45) is 45.2. The number of likely N-dealkylation sites (N-methyl/N-ethyl adjacent to an activating group) is 1. The van der Waals surface area contributed by atoms with Crippen LogP contribution in [0.3, 0.4) is 0 Å². The Labute approximate surface area is 341 Å². The fourth-order valence-corrected chi connectivity index (χ4v) is 7.42. The molecule has 0 aliphatic rings. The van der Waals surface area contributed by atoms with Gasteiger partial charge in [0.1, 0.15) is 13.2 Å². The molecule has 0 fully saturated rings. The van der Waals surface area contributed by atoms with E-state index in [0.717, 1.165) is 38.5 Å². The Morgan fingerprint density at radius 1 is 0.600 bits per heavy atom. The molecule has 3 atom stereocenters. The highest BCUT2D eigenvalue weighted by atomic mass is 31.2. The van der Waals surface area contributed by atoms with Crippen LogP contribution in [0.25, 0.3) is 0 Å². The average molecular weight is 800 g/mol. The van der Waals surface area contributed by atoms with Crippen molar-refractivity contribution in [2.24, 2.45) is 0 Å². The van der Waals surface area contributed by atoms with Gasteiger partial charge in [-0.1, -0.05) is 186 Å². The second kappa shape index (κ2) is 38.5. The number of allylic oxidation sites excluding steroid dienone is 3.